The van der Waals surface area contributed by atoms with Crippen molar-refractivity contribution in [1.29, 1.82) is 0 Å². The Kier molecular flexibility index (Phi) is 3.90. The SMILES string of the molecule is Nc1cc(-c2ccccc2)nc(-c2ccc(Cl)c(Br)c2)n1. The number of nitrogens with zero attached hydrogens (tertiary/aromatic N) is 2. The number of aromatic nitrogens is 2. The molecule has 2 N–H and O–H groups in total. The molecule has 2 aromatic carbocycles. The minimum atomic E-state index is 0.435. The fourth-order valence-corrected chi connectivity index (χ4v) is 2.48. The summed E-state index contributed by atoms with van der Waals surface area (Å²) in [5.41, 5.74) is 8.57. The van der Waals surface area contributed by atoms with Gasteiger partial charge in [-0.05, 0) is 34.1 Å². The normalized spacial score (nSPS) is 10.6. The molecule has 0 aliphatic rings. The van der Waals surface area contributed by atoms with E-state index < -0.39 is 0 Å². The molecule has 3 aromatic rings. The Bertz CT molecular complexity index is 791. The Morgan fingerprint density at radius 1 is 0.905 bits per heavy atom. The molecule has 0 bridgehead atoms. The van der Waals surface area contributed by atoms with Gasteiger partial charge < -0.3 is 5.73 Å². The van der Waals surface area contributed by atoms with E-state index in [1.807, 2.05) is 42.5 Å². The Morgan fingerprint density at radius 2 is 1.67 bits per heavy atom. The van der Waals surface area contributed by atoms with Gasteiger partial charge in [-0.15, -0.1) is 0 Å². The molecular weight excluding hydrogens is 350 g/mol. The molecule has 104 valence electrons. The summed E-state index contributed by atoms with van der Waals surface area (Å²) in [4.78, 5) is 8.89. The molecular formula is C16H11BrClN3. The van der Waals surface area contributed by atoms with Crippen molar-refractivity contribution in [3.63, 3.8) is 0 Å². The molecule has 0 saturated carbocycles. The fraction of sp³-hybridized carbons (Fsp3) is 0. The number of rotatable bonds is 2. The van der Waals surface area contributed by atoms with Gasteiger partial charge in [-0.2, -0.15) is 0 Å². The molecule has 0 unspecified atom stereocenters. The van der Waals surface area contributed by atoms with Crippen LogP contribution in [0.1, 0.15) is 0 Å². The third-order valence-corrected chi connectivity index (χ3v) is 4.21. The van der Waals surface area contributed by atoms with E-state index in [0.717, 1.165) is 21.3 Å². The monoisotopic (exact) mass is 359 g/mol. The molecule has 21 heavy (non-hydrogen) atoms. The van der Waals surface area contributed by atoms with E-state index in [1.165, 1.54) is 0 Å². The van der Waals surface area contributed by atoms with Crippen LogP contribution >= 0.6 is 27.5 Å². The highest BCUT2D eigenvalue weighted by molar-refractivity contribution is 9.10. The van der Waals surface area contributed by atoms with Gasteiger partial charge >= 0.3 is 0 Å². The van der Waals surface area contributed by atoms with Crippen molar-refractivity contribution in [2.45, 2.75) is 0 Å². The number of benzene rings is 2. The second kappa shape index (κ2) is 5.84. The first-order valence-electron chi connectivity index (χ1n) is 6.29. The van der Waals surface area contributed by atoms with Crippen molar-refractivity contribution in [1.82, 2.24) is 9.97 Å². The molecule has 0 atom stereocenters. The van der Waals surface area contributed by atoms with E-state index in [9.17, 15) is 0 Å². The lowest BCUT2D eigenvalue weighted by Gasteiger charge is -2.07. The van der Waals surface area contributed by atoms with Crippen molar-refractivity contribution in [2.75, 3.05) is 5.73 Å². The number of nitrogens with two attached hydrogens (primary N) is 1. The zero-order valence-corrected chi connectivity index (χ0v) is 13.3. The van der Waals surface area contributed by atoms with Gasteiger partial charge in [-0.1, -0.05) is 41.9 Å². The topological polar surface area (TPSA) is 51.8 Å². The maximum Gasteiger partial charge on any atom is 0.162 e. The van der Waals surface area contributed by atoms with Crippen LogP contribution in [0.5, 0.6) is 0 Å². The van der Waals surface area contributed by atoms with E-state index in [2.05, 4.69) is 25.9 Å². The molecule has 0 spiro atoms. The zero-order valence-electron chi connectivity index (χ0n) is 10.9. The van der Waals surface area contributed by atoms with Crippen LogP contribution in [0.4, 0.5) is 5.82 Å². The molecule has 0 amide bonds. The molecule has 5 heteroatoms. The zero-order chi connectivity index (χ0) is 14.8. The van der Waals surface area contributed by atoms with Crippen molar-refractivity contribution in [3.05, 3.63) is 64.1 Å². The van der Waals surface area contributed by atoms with E-state index in [0.29, 0.717) is 16.7 Å². The predicted octanol–water partition coefficient (Wildman–Crippen LogP) is 4.81. The standard InChI is InChI=1S/C16H11BrClN3/c17-12-8-11(6-7-13(12)18)16-20-14(9-15(19)21-16)10-4-2-1-3-5-10/h1-9H,(H2,19,20,21). The molecule has 0 saturated heterocycles. The van der Waals surface area contributed by atoms with Crippen LogP contribution in [-0.4, -0.2) is 9.97 Å². The van der Waals surface area contributed by atoms with Crippen LogP contribution in [-0.2, 0) is 0 Å². The first-order valence-corrected chi connectivity index (χ1v) is 7.46. The highest BCUT2D eigenvalue weighted by Crippen LogP contribution is 2.29. The summed E-state index contributed by atoms with van der Waals surface area (Å²) in [6.45, 7) is 0. The smallest absolute Gasteiger partial charge is 0.162 e. The van der Waals surface area contributed by atoms with Crippen LogP contribution in [0, 0.1) is 0 Å². The van der Waals surface area contributed by atoms with Gasteiger partial charge in [0.15, 0.2) is 5.82 Å². The lowest BCUT2D eigenvalue weighted by atomic mass is 10.1. The summed E-state index contributed by atoms with van der Waals surface area (Å²) in [7, 11) is 0. The highest BCUT2D eigenvalue weighted by atomic mass is 79.9. The number of anilines is 1. The van der Waals surface area contributed by atoms with Gasteiger partial charge in [-0.3, -0.25) is 0 Å². The average Bonchev–Trinajstić information content (AvgIpc) is 2.50. The van der Waals surface area contributed by atoms with Crippen molar-refractivity contribution in [2.24, 2.45) is 0 Å². The number of hydrogen-bond donors (Lipinski definition) is 1. The van der Waals surface area contributed by atoms with Crippen LogP contribution < -0.4 is 5.73 Å². The number of hydrogen-bond acceptors (Lipinski definition) is 3. The summed E-state index contributed by atoms with van der Waals surface area (Å²) < 4.78 is 0.800. The molecule has 1 aromatic heterocycles. The largest absolute Gasteiger partial charge is 0.384 e. The van der Waals surface area contributed by atoms with Gasteiger partial charge in [-0.25, -0.2) is 9.97 Å². The second-order valence-corrected chi connectivity index (χ2v) is 5.76. The first kappa shape index (κ1) is 14.0. The van der Waals surface area contributed by atoms with Crippen LogP contribution in [0.15, 0.2) is 59.1 Å². The van der Waals surface area contributed by atoms with Crippen molar-refractivity contribution < 1.29 is 0 Å². The Labute approximate surface area is 135 Å². The Morgan fingerprint density at radius 3 is 2.38 bits per heavy atom. The number of halogens is 2. The highest BCUT2D eigenvalue weighted by Gasteiger charge is 2.08. The van der Waals surface area contributed by atoms with Crippen molar-refractivity contribution in [3.8, 4) is 22.6 Å². The summed E-state index contributed by atoms with van der Waals surface area (Å²) in [6.07, 6.45) is 0. The minimum absolute atomic E-state index is 0.435. The molecule has 0 radical (unpaired) electrons. The molecule has 3 nitrogen and oxygen atoms in total. The molecule has 1 heterocycles. The van der Waals surface area contributed by atoms with E-state index in [1.54, 1.807) is 12.1 Å². The summed E-state index contributed by atoms with van der Waals surface area (Å²) >= 11 is 9.42. The summed E-state index contributed by atoms with van der Waals surface area (Å²) in [5.74, 6) is 1.01. The van der Waals surface area contributed by atoms with Gasteiger partial charge in [0.1, 0.15) is 5.82 Å². The third-order valence-electron chi connectivity index (χ3n) is 2.99. The van der Waals surface area contributed by atoms with E-state index in [-0.39, 0.29) is 0 Å². The lowest BCUT2D eigenvalue weighted by molar-refractivity contribution is 1.19. The van der Waals surface area contributed by atoms with Crippen LogP contribution in [0.25, 0.3) is 22.6 Å². The quantitative estimate of drug-likeness (QED) is 0.713. The summed E-state index contributed by atoms with van der Waals surface area (Å²) in [5, 5.41) is 0.644. The fourth-order valence-electron chi connectivity index (χ4n) is 1.99. The Hall–Kier alpha value is -1.91. The minimum Gasteiger partial charge on any atom is -0.384 e. The first-order chi connectivity index (χ1) is 10.1. The van der Waals surface area contributed by atoms with Gasteiger partial charge in [0, 0.05) is 21.7 Å². The Balaban J connectivity index is 2.11. The van der Waals surface area contributed by atoms with Gasteiger partial charge in [0.2, 0.25) is 0 Å². The van der Waals surface area contributed by atoms with Crippen molar-refractivity contribution >= 4 is 33.3 Å². The number of nitrogen functional groups attached to an aromatic ring is 1. The van der Waals surface area contributed by atoms with Gasteiger partial charge in [0.05, 0.1) is 10.7 Å². The molecule has 0 aliphatic carbocycles. The van der Waals surface area contributed by atoms with E-state index >= 15 is 0 Å². The molecule has 0 aliphatic heterocycles. The molecule has 3 rings (SSSR count). The van der Waals surface area contributed by atoms with Crippen LogP contribution in [0.3, 0.4) is 0 Å². The third kappa shape index (κ3) is 3.06. The van der Waals surface area contributed by atoms with E-state index in [4.69, 9.17) is 17.3 Å². The average molecular weight is 361 g/mol. The predicted molar refractivity (Wildman–Crippen MR) is 90.0 cm³/mol. The van der Waals surface area contributed by atoms with Crippen LogP contribution in [0.2, 0.25) is 5.02 Å². The van der Waals surface area contributed by atoms with Gasteiger partial charge in [0.25, 0.3) is 0 Å². The summed E-state index contributed by atoms with van der Waals surface area (Å²) in [6, 6.07) is 17.2. The molecule has 0 fully saturated rings. The lowest BCUT2D eigenvalue weighted by Crippen LogP contribution is -1.98. The second-order valence-electron chi connectivity index (χ2n) is 4.50. The maximum atomic E-state index is 6.01. The maximum absolute atomic E-state index is 6.01.